The first-order chi connectivity index (χ1) is 11.3. The molecular weight excluding hydrogens is 333 g/mol. The summed E-state index contributed by atoms with van der Waals surface area (Å²) in [6.45, 7) is 1.58. The Hall–Kier alpha value is -2.41. The van der Waals surface area contributed by atoms with Crippen molar-refractivity contribution in [2.24, 2.45) is 0 Å². The van der Waals surface area contributed by atoms with E-state index in [1.807, 2.05) is 0 Å². The Morgan fingerprint density at radius 3 is 2.62 bits per heavy atom. The molecule has 1 amide bonds. The molecule has 0 saturated heterocycles. The van der Waals surface area contributed by atoms with Crippen molar-refractivity contribution in [3.63, 3.8) is 0 Å². The van der Waals surface area contributed by atoms with Gasteiger partial charge in [0.1, 0.15) is 11.6 Å². The molecular formula is C17H18FNO4S. The summed E-state index contributed by atoms with van der Waals surface area (Å²) in [6.07, 6.45) is 1.10. The van der Waals surface area contributed by atoms with Crippen molar-refractivity contribution < 1.29 is 22.3 Å². The predicted molar refractivity (Wildman–Crippen MR) is 88.0 cm³/mol. The van der Waals surface area contributed by atoms with Gasteiger partial charge in [0, 0.05) is 12.8 Å². The lowest BCUT2D eigenvalue weighted by Crippen LogP contribution is -2.28. The molecule has 0 aromatic heterocycles. The number of aryl methyl sites for hydroxylation is 1. The summed E-state index contributed by atoms with van der Waals surface area (Å²) >= 11 is 0. The van der Waals surface area contributed by atoms with Gasteiger partial charge < -0.3 is 10.1 Å². The largest absolute Gasteiger partial charge is 0.484 e. The van der Waals surface area contributed by atoms with Crippen LogP contribution >= 0.6 is 0 Å². The molecule has 0 heterocycles. The van der Waals surface area contributed by atoms with E-state index in [4.69, 9.17) is 4.74 Å². The first kappa shape index (κ1) is 17.9. The lowest BCUT2D eigenvalue weighted by Gasteiger charge is -2.09. The molecule has 7 heteroatoms. The van der Waals surface area contributed by atoms with Gasteiger partial charge in [-0.3, -0.25) is 4.79 Å². The van der Waals surface area contributed by atoms with E-state index in [0.717, 1.165) is 6.26 Å². The van der Waals surface area contributed by atoms with Crippen molar-refractivity contribution >= 4 is 15.7 Å². The minimum absolute atomic E-state index is 0.121. The first-order valence-electron chi connectivity index (χ1n) is 7.20. The molecule has 0 radical (unpaired) electrons. The minimum atomic E-state index is -3.33. The van der Waals surface area contributed by atoms with Gasteiger partial charge in [0.25, 0.3) is 5.91 Å². The van der Waals surface area contributed by atoms with Crippen LogP contribution in [-0.4, -0.2) is 27.2 Å². The van der Waals surface area contributed by atoms with Crippen LogP contribution in [0.15, 0.2) is 47.4 Å². The summed E-state index contributed by atoms with van der Waals surface area (Å²) in [5.74, 6) is -0.425. The number of carbonyl (C=O) groups excluding carboxylic acids is 1. The standard InChI is InChI=1S/C17H18FNO4S/c1-12-6-7-13(8-16(12)18)10-19-17(20)11-23-14-4-3-5-15(9-14)24(2,21)22/h3-9H,10-11H2,1-2H3,(H,19,20). The number of halogens is 1. The second kappa shape index (κ2) is 7.44. The van der Waals surface area contributed by atoms with E-state index >= 15 is 0 Å². The zero-order valence-corrected chi connectivity index (χ0v) is 14.2. The third kappa shape index (κ3) is 5.06. The minimum Gasteiger partial charge on any atom is -0.484 e. The van der Waals surface area contributed by atoms with Crippen LogP contribution in [0.3, 0.4) is 0 Å². The Labute approximate surface area is 140 Å². The molecule has 0 saturated carbocycles. The van der Waals surface area contributed by atoms with Crippen molar-refractivity contribution in [3.05, 3.63) is 59.4 Å². The molecule has 5 nitrogen and oxygen atoms in total. The summed E-state index contributed by atoms with van der Waals surface area (Å²) in [7, 11) is -3.33. The van der Waals surface area contributed by atoms with E-state index in [2.05, 4.69) is 5.32 Å². The van der Waals surface area contributed by atoms with Crippen LogP contribution in [0, 0.1) is 12.7 Å². The summed E-state index contributed by atoms with van der Waals surface area (Å²) in [4.78, 5) is 11.9. The van der Waals surface area contributed by atoms with Gasteiger partial charge in [-0.2, -0.15) is 0 Å². The van der Waals surface area contributed by atoms with E-state index in [-0.39, 0.29) is 35.5 Å². The molecule has 0 aliphatic carbocycles. The van der Waals surface area contributed by atoms with Gasteiger partial charge in [0.2, 0.25) is 0 Å². The van der Waals surface area contributed by atoms with Crippen molar-refractivity contribution in [2.75, 3.05) is 12.9 Å². The molecule has 0 spiro atoms. The number of benzene rings is 2. The maximum Gasteiger partial charge on any atom is 0.258 e. The zero-order valence-electron chi connectivity index (χ0n) is 13.4. The van der Waals surface area contributed by atoms with Gasteiger partial charge in [-0.1, -0.05) is 18.2 Å². The predicted octanol–water partition coefficient (Wildman–Crippen LogP) is 2.23. The molecule has 24 heavy (non-hydrogen) atoms. The van der Waals surface area contributed by atoms with Gasteiger partial charge in [-0.15, -0.1) is 0 Å². The highest BCUT2D eigenvalue weighted by molar-refractivity contribution is 7.90. The average Bonchev–Trinajstić information content (AvgIpc) is 2.53. The third-order valence-electron chi connectivity index (χ3n) is 3.33. The molecule has 0 atom stereocenters. The smallest absolute Gasteiger partial charge is 0.258 e. The van der Waals surface area contributed by atoms with Crippen molar-refractivity contribution in [1.29, 1.82) is 0 Å². The molecule has 0 aliphatic heterocycles. The first-order valence-corrected chi connectivity index (χ1v) is 9.09. The van der Waals surface area contributed by atoms with Crippen LogP contribution in [0.4, 0.5) is 4.39 Å². The maximum atomic E-state index is 13.4. The molecule has 0 bridgehead atoms. The number of carbonyl (C=O) groups is 1. The highest BCUT2D eigenvalue weighted by Crippen LogP contribution is 2.17. The Kier molecular flexibility index (Phi) is 5.56. The number of sulfone groups is 1. The van der Waals surface area contributed by atoms with Crippen LogP contribution < -0.4 is 10.1 Å². The number of rotatable bonds is 6. The lowest BCUT2D eigenvalue weighted by molar-refractivity contribution is -0.123. The Balaban J connectivity index is 1.88. The number of hydrogen-bond acceptors (Lipinski definition) is 4. The molecule has 2 aromatic rings. The average molecular weight is 351 g/mol. The summed E-state index contributed by atoms with van der Waals surface area (Å²) < 4.78 is 41.6. The number of amides is 1. The quantitative estimate of drug-likeness (QED) is 0.866. The normalized spacial score (nSPS) is 11.1. The van der Waals surface area contributed by atoms with Crippen LogP contribution in [0.1, 0.15) is 11.1 Å². The van der Waals surface area contributed by atoms with Gasteiger partial charge in [0.15, 0.2) is 16.4 Å². The van der Waals surface area contributed by atoms with Gasteiger partial charge in [0.05, 0.1) is 4.90 Å². The van der Waals surface area contributed by atoms with Crippen molar-refractivity contribution in [2.45, 2.75) is 18.4 Å². The van der Waals surface area contributed by atoms with Crippen molar-refractivity contribution in [1.82, 2.24) is 5.32 Å². The number of ether oxygens (including phenoxy) is 1. The van der Waals surface area contributed by atoms with Crippen LogP contribution in [0.5, 0.6) is 5.75 Å². The third-order valence-corrected chi connectivity index (χ3v) is 4.44. The summed E-state index contributed by atoms with van der Waals surface area (Å²) in [6, 6.07) is 10.7. The molecule has 128 valence electrons. The van der Waals surface area contributed by atoms with Crippen LogP contribution in [-0.2, 0) is 21.2 Å². The second-order valence-corrected chi connectivity index (χ2v) is 7.41. The summed E-state index contributed by atoms with van der Waals surface area (Å²) in [5.41, 5.74) is 1.18. The zero-order chi connectivity index (χ0) is 17.7. The maximum absolute atomic E-state index is 13.4. The van der Waals surface area contributed by atoms with Gasteiger partial charge in [-0.05, 0) is 42.3 Å². The number of hydrogen-bond donors (Lipinski definition) is 1. The van der Waals surface area contributed by atoms with Crippen molar-refractivity contribution in [3.8, 4) is 5.75 Å². The SMILES string of the molecule is Cc1ccc(CNC(=O)COc2cccc(S(C)(=O)=O)c2)cc1F. The monoisotopic (exact) mass is 351 g/mol. The fourth-order valence-corrected chi connectivity index (χ4v) is 2.60. The summed E-state index contributed by atoms with van der Waals surface area (Å²) in [5, 5.41) is 2.61. The number of nitrogens with one attached hydrogen (secondary N) is 1. The van der Waals surface area contributed by atoms with E-state index in [1.54, 1.807) is 31.2 Å². The van der Waals surface area contributed by atoms with Crippen LogP contribution in [0.25, 0.3) is 0 Å². The van der Waals surface area contributed by atoms with Gasteiger partial charge >= 0.3 is 0 Å². The second-order valence-electron chi connectivity index (χ2n) is 5.40. The lowest BCUT2D eigenvalue weighted by atomic mass is 10.1. The fraction of sp³-hybridized carbons (Fsp3) is 0.235. The molecule has 2 rings (SSSR count). The van der Waals surface area contributed by atoms with E-state index in [1.165, 1.54) is 18.2 Å². The van der Waals surface area contributed by atoms with E-state index in [9.17, 15) is 17.6 Å². The van der Waals surface area contributed by atoms with Crippen LogP contribution in [0.2, 0.25) is 0 Å². The highest BCUT2D eigenvalue weighted by Gasteiger charge is 2.09. The highest BCUT2D eigenvalue weighted by atomic mass is 32.2. The Bertz CT molecular complexity index is 849. The Morgan fingerprint density at radius 2 is 1.96 bits per heavy atom. The topological polar surface area (TPSA) is 72.5 Å². The molecule has 1 N–H and O–H groups in total. The van der Waals surface area contributed by atoms with E-state index in [0.29, 0.717) is 11.1 Å². The van der Waals surface area contributed by atoms with E-state index < -0.39 is 9.84 Å². The van der Waals surface area contributed by atoms with Gasteiger partial charge in [-0.25, -0.2) is 12.8 Å². The molecule has 0 fully saturated rings. The molecule has 0 unspecified atom stereocenters. The fourth-order valence-electron chi connectivity index (χ4n) is 1.94. The molecule has 0 aliphatic rings. The molecule has 2 aromatic carbocycles. The Morgan fingerprint density at radius 1 is 1.21 bits per heavy atom.